The second-order valence-electron chi connectivity index (χ2n) is 11.5. The van der Waals surface area contributed by atoms with Crippen molar-refractivity contribution >= 4 is 28.8 Å². The number of hydrogen-bond donors (Lipinski definition) is 1. The minimum Gasteiger partial charge on any atom is -0.463 e. The molecule has 1 unspecified atom stereocenters. The Morgan fingerprint density at radius 1 is 0.956 bits per heavy atom. The number of likely N-dealkylation sites (tertiary alicyclic amines) is 1. The van der Waals surface area contributed by atoms with E-state index < -0.39 is 17.7 Å². The van der Waals surface area contributed by atoms with E-state index in [1.165, 1.54) is 11.0 Å². The van der Waals surface area contributed by atoms with E-state index in [1.807, 2.05) is 24.3 Å². The van der Waals surface area contributed by atoms with E-state index in [1.54, 1.807) is 65.8 Å². The van der Waals surface area contributed by atoms with Gasteiger partial charge >= 0.3 is 11.7 Å². The molecule has 1 atom stereocenters. The van der Waals surface area contributed by atoms with Gasteiger partial charge in [-0.2, -0.15) is 0 Å². The van der Waals surface area contributed by atoms with Crippen molar-refractivity contribution in [1.82, 2.24) is 19.4 Å². The van der Waals surface area contributed by atoms with Crippen LogP contribution < -0.4 is 5.69 Å². The summed E-state index contributed by atoms with van der Waals surface area (Å²) in [6.45, 7) is 4.79. The van der Waals surface area contributed by atoms with Gasteiger partial charge in [0, 0.05) is 42.7 Å². The van der Waals surface area contributed by atoms with E-state index in [0.29, 0.717) is 37.2 Å². The van der Waals surface area contributed by atoms with Gasteiger partial charge in [-0.1, -0.05) is 42.5 Å². The highest BCUT2D eigenvalue weighted by Crippen LogP contribution is 2.38. The van der Waals surface area contributed by atoms with Gasteiger partial charge < -0.3 is 19.5 Å². The lowest BCUT2D eigenvalue weighted by Gasteiger charge is -2.34. The SMILES string of the molecule is CCOC(=O)C1=C(C)N(Cc2ccc(C(=O)N3CCC(n4c(=O)[nH]c5ccccc54)CC3)cc2)C(=O)CC1c1ccccc1F. The molecule has 0 radical (unpaired) electrons. The first-order chi connectivity index (χ1) is 21.8. The van der Waals surface area contributed by atoms with Crippen LogP contribution in [0.25, 0.3) is 11.0 Å². The van der Waals surface area contributed by atoms with Crippen LogP contribution in [0.1, 0.15) is 66.6 Å². The first kappa shape index (κ1) is 30.1. The van der Waals surface area contributed by atoms with Gasteiger partial charge in [-0.15, -0.1) is 0 Å². The molecule has 3 heterocycles. The predicted molar refractivity (Wildman–Crippen MR) is 167 cm³/mol. The van der Waals surface area contributed by atoms with Crippen molar-refractivity contribution in [2.24, 2.45) is 0 Å². The van der Waals surface area contributed by atoms with Gasteiger partial charge in [-0.3, -0.25) is 14.2 Å². The minimum absolute atomic E-state index is 0.0101. The van der Waals surface area contributed by atoms with Crippen molar-refractivity contribution in [3.63, 3.8) is 0 Å². The molecule has 1 N–H and O–H groups in total. The fraction of sp³-hybridized carbons (Fsp3) is 0.314. The number of rotatable bonds is 7. The summed E-state index contributed by atoms with van der Waals surface area (Å²) < 4.78 is 21.9. The number of hydrogen-bond acceptors (Lipinski definition) is 5. The maximum absolute atomic E-state index is 14.7. The molecule has 2 aliphatic heterocycles. The molecule has 0 spiro atoms. The third-order valence-electron chi connectivity index (χ3n) is 8.88. The molecule has 0 aliphatic carbocycles. The number of aromatic nitrogens is 2. The van der Waals surface area contributed by atoms with Crippen LogP contribution in [0.15, 0.2) is 88.9 Å². The Kier molecular flexibility index (Phi) is 8.38. The van der Waals surface area contributed by atoms with E-state index >= 15 is 0 Å². The topological polar surface area (TPSA) is 105 Å². The van der Waals surface area contributed by atoms with E-state index in [2.05, 4.69) is 4.98 Å². The van der Waals surface area contributed by atoms with E-state index in [-0.39, 0.29) is 54.3 Å². The monoisotopic (exact) mass is 610 g/mol. The molecular formula is C35H35FN4O5. The number of nitrogens with one attached hydrogen (secondary N) is 1. The lowest BCUT2D eigenvalue weighted by molar-refractivity contribution is -0.140. The van der Waals surface area contributed by atoms with Gasteiger partial charge in [0.1, 0.15) is 5.82 Å². The number of amides is 2. The molecule has 232 valence electrons. The fourth-order valence-corrected chi connectivity index (χ4v) is 6.58. The molecule has 45 heavy (non-hydrogen) atoms. The third kappa shape index (κ3) is 5.80. The molecular weight excluding hydrogens is 575 g/mol. The average Bonchev–Trinajstić information content (AvgIpc) is 3.38. The maximum atomic E-state index is 14.7. The van der Waals surface area contributed by atoms with Gasteiger partial charge in [-0.05, 0) is 68.1 Å². The molecule has 2 aliphatic rings. The van der Waals surface area contributed by atoms with Crippen LogP contribution in [0.2, 0.25) is 0 Å². The Labute approximate surface area is 259 Å². The molecule has 1 aromatic heterocycles. The van der Waals surface area contributed by atoms with Crippen LogP contribution in [-0.2, 0) is 20.9 Å². The number of para-hydroxylation sites is 2. The lowest BCUT2D eigenvalue weighted by atomic mass is 9.83. The van der Waals surface area contributed by atoms with E-state index in [0.717, 1.165) is 16.6 Å². The quantitative estimate of drug-likeness (QED) is 0.286. The van der Waals surface area contributed by atoms with Crippen molar-refractivity contribution in [1.29, 1.82) is 0 Å². The van der Waals surface area contributed by atoms with Gasteiger partial charge in [0.15, 0.2) is 0 Å². The number of nitrogens with zero attached hydrogens (tertiary/aromatic N) is 3. The average molecular weight is 611 g/mol. The molecule has 9 nitrogen and oxygen atoms in total. The number of imidazole rings is 1. The Balaban J connectivity index is 1.15. The Morgan fingerprint density at radius 2 is 1.64 bits per heavy atom. The van der Waals surface area contributed by atoms with Crippen molar-refractivity contribution in [3.05, 3.63) is 117 Å². The maximum Gasteiger partial charge on any atom is 0.336 e. The fourth-order valence-electron chi connectivity index (χ4n) is 6.58. The van der Waals surface area contributed by atoms with Crippen molar-refractivity contribution in [2.45, 2.75) is 51.6 Å². The molecule has 3 aromatic carbocycles. The number of allylic oxidation sites excluding steroid dienone is 1. The van der Waals surface area contributed by atoms with Crippen LogP contribution in [0.3, 0.4) is 0 Å². The molecule has 1 saturated heterocycles. The largest absolute Gasteiger partial charge is 0.463 e. The highest BCUT2D eigenvalue weighted by molar-refractivity contribution is 5.96. The number of benzene rings is 3. The van der Waals surface area contributed by atoms with Crippen LogP contribution in [0.5, 0.6) is 0 Å². The first-order valence-corrected chi connectivity index (χ1v) is 15.3. The number of H-pyrrole nitrogens is 1. The van der Waals surface area contributed by atoms with Crippen LogP contribution in [0, 0.1) is 5.82 Å². The Morgan fingerprint density at radius 3 is 2.36 bits per heavy atom. The summed E-state index contributed by atoms with van der Waals surface area (Å²) in [5.74, 6) is -2.11. The zero-order valence-electron chi connectivity index (χ0n) is 25.3. The third-order valence-corrected chi connectivity index (χ3v) is 8.88. The molecule has 4 aromatic rings. The number of piperidine rings is 1. The number of halogens is 1. The summed E-state index contributed by atoms with van der Waals surface area (Å²) >= 11 is 0. The molecule has 1 fully saturated rings. The number of aromatic amines is 1. The molecule has 2 amide bonds. The van der Waals surface area contributed by atoms with Crippen molar-refractivity contribution < 1.29 is 23.5 Å². The number of esters is 1. The number of fused-ring (bicyclic) bond motifs is 1. The van der Waals surface area contributed by atoms with Crippen LogP contribution >= 0.6 is 0 Å². The van der Waals surface area contributed by atoms with Gasteiger partial charge in [-0.25, -0.2) is 14.0 Å². The molecule has 0 saturated carbocycles. The number of carbonyl (C=O) groups excluding carboxylic acids is 3. The summed E-state index contributed by atoms with van der Waals surface area (Å²) in [4.78, 5) is 58.6. The summed E-state index contributed by atoms with van der Waals surface area (Å²) in [6.07, 6.45) is 1.28. The van der Waals surface area contributed by atoms with Crippen molar-refractivity contribution in [2.75, 3.05) is 19.7 Å². The molecule has 10 heteroatoms. The standard InChI is InChI=1S/C35H35FN4O5/c1-3-45-34(43)32-22(2)39(31(41)20-27(32)26-8-4-5-9-28(26)36)21-23-12-14-24(15-13-23)33(42)38-18-16-25(17-19-38)40-30-11-7-6-10-29(30)37-35(40)44/h4-15,25,27H,3,16-21H2,1-2H3,(H,37,44). The van der Waals surface area contributed by atoms with Gasteiger partial charge in [0.05, 0.1) is 29.8 Å². The summed E-state index contributed by atoms with van der Waals surface area (Å²) in [5.41, 5.74) is 3.84. The van der Waals surface area contributed by atoms with E-state index in [9.17, 15) is 23.6 Å². The number of carbonyl (C=O) groups is 3. The van der Waals surface area contributed by atoms with Gasteiger partial charge in [0.2, 0.25) is 5.91 Å². The summed E-state index contributed by atoms with van der Waals surface area (Å²) in [7, 11) is 0. The first-order valence-electron chi connectivity index (χ1n) is 15.3. The van der Waals surface area contributed by atoms with Crippen LogP contribution in [0.4, 0.5) is 4.39 Å². The predicted octanol–water partition coefficient (Wildman–Crippen LogP) is 5.30. The second kappa shape index (κ2) is 12.6. The molecule has 6 rings (SSSR count). The lowest BCUT2D eigenvalue weighted by Crippen LogP contribution is -2.40. The summed E-state index contributed by atoms with van der Waals surface area (Å²) in [6, 6.07) is 20.9. The second-order valence-corrected chi connectivity index (χ2v) is 11.5. The van der Waals surface area contributed by atoms with E-state index in [4.69, 9.17) is 4.74 Å². The number of ether oxygens (including phenoxy) is 1. The zero-order chi connectivity index (χ0) is 31.7. The van der Waals surface area contributed by atoms with Crippen LogP contribution in [-0.4, -0.2) is 56.8 Å². The zero-order valence-corrected chi connectivity index (χ0v) is 25.3. The highest BCUT2D eigenvalue weighted by atomic mass is 19.1. The highest BCUT2D eigenvalue weighted by Gasteiger charge is 2.38. The minimum atomic E-state index is -0.743. The Bertz CT molecular complexity index is 1850. The molecule has 0 bridgehead atoms. The Hall–Kier alpha value is -4.99. The van der Waals surface area contributed by atoms with Crippen molar-refractivity contribution in [3.8, 4) is 0 Å². The normalized spacial score (nSPS) is 17.7. The van der Waals surface area contributed by atoms with Gasteiger partial charge in [0.25, 0.3) is 5.91 Å². The smallest absolute Gasteiger partial charge is 0.336 e. The summed E-state index contributed by atoms with van der Waals surface area (Å²) in [5, 5.41) is 0.